The second-order valence-electron chi connectivity index (χ2n) is 6.95. The van der Waals surface area contributed by atoms with Gasteiger partial charge in [0, 0.05) is 31.5 Å². The molecule has 0 saturated carbocycles. The summed E-state index contributed by atoms with van der Waals surface area (Å²) in [5.74, 6) is 1.63. The fourth-order valence-corrected chi connectivity index (χ4v) is 3.90. The quantitative estimate of drug-likeness (QED) is 0.850. The van der Waals surface area contributed by atoms with E-state index in [2.05, 4.69) is 22.3 Å². The molecule has 1 saturated heterocycles. The first-order chi connectivity index (χ1) is 11.7. The minimum Gasteiger partial charge on any atom is -0.340 e. The van der Waals surface area contributed by atoms with Crippen LogP contribution in [0, 0.1) is 6.92 Å². The molecule has 1 aliphatic carbocycles. The lowest BCUT2D eigenvalue weighted by Gasteiger charge is -2.31. The standard InChI is InChI=1S/C19H23N3O2/c1-13-20-18(21-24-13)17-7-4-10-22(12-17)19(23)16-9-8-14-5-2-3-6-15(14)11-16/h8-9,11,17H,2-7,10,12H2,1H3. The fraction of sp³-hybridized carbons (Fsp3) is 0.526. The lowest BCUT2D eigenvalue weighted by Crippen LogP contribution is -2.39. The van der Waals surface area contributed by atoms with Crippen molar-refractivity contribution in [1.29, 1.82) is 0 Å². The monoisotopic (exact) mass is 325 g/mol. The maximum atomic E-state index is 12.9. The summed E-state index contributed by atoms with van der Waals surface area (Å²) in [5, 5.41) is 4.04. The summed E-state index contributed by atoms with van der Waals surface area (Å²) in [6.07, 6.45) is 6.72. The number of hydrogen-bond donors (Lipinski definition) is 0. The molecule has 1 fully saturated rings. The number of likely N-dealkylation sites (tertiary alicyclic amines) is 1. The van der Waals surface area contributed by atoms with Crippen LogP contribution in [0.15, 0.2) is 22.7 Å². The van der Waals surface area contributed by atoms with E-state index in [1.807, 2.05) is 11.0 Å². The van der Waals surface area contributed by atoms with Gasteiger partial charge in [-0.05, 0) is 61.8 Å². The molecule has 1 aliphatic heterocycles. The van der Waals surface area contributed by atoms with E-state index in [0.717, 1.165) is 43.6 Å². The molecule has 1 amide bonds. The molecule has 5 nitrogen and oxygen atoms in total. The van der Waals surface area contributed by atoms with E-state index in [0.29, 0.717) is 12.4 Å². The summed E-state index contributed by atoms with van der Waals surface area (Å²) in [6.45, 7) is 3.29. The van der Waals surface area contributed by atoms with Crippen LogP contribution in [0.2, 0.25) is 0 Å². The summed E-state index contributed by atoms with van der Waals surface area (Å²) >= 11 is 0. The average molecular weight is 325 g/mol. The molecule has 1 aromatic heterocycles. The van der Waals surface area contributed by atoms with E-state index in [1.165, 1.54) is 24.0 Å². The van der Waals surface area contributed by atoms with Gasteiger partial charge in [-0.25, -0.2) is 0 Å². The molecule has 4 rings (SSSR count). The summed E-state index contributed by atoms with van der Waals surface area (Å²) in [7, 11) is 0. The smallest absolute Gasteiger partial charge is 0.253 e. The summed E-state index contributed by atoms with van der Waals surface area (Å²) in [6, 6.07) is 6.25. The van der Waals surface area contributed by atoms with Crippen molar-refractivity contribution in [3.8, 4) is 0 Å². The van der Waals surface area contributed by atoms with Crippen molar-refractivity contribution in [3.05, 3.63) is 46.6 Å². The van der Waals surface area contributed by atoms with Crippen molar-refractivity contribution >= 4 is 5.91 Å². The first kappa shape index (κ1) is 15.4. The van der Waals surface area contributed by atoms with E-state index in [1.54, 1.807) is 6.92 Å². The molecule has 0 radical (unpaired) electrons. The Kier molecular flexibility index (Phi) is 4.08. The van der Waals surface area contributed by atoms with E-state index < -0.39 is 0 Å². The van der Waals surface area contributed by atoms with Gasteiger partial charge in [-0.3, -0.25) is 4.79 Å². The van der Waals surface area contributed by atoms with Gasteiger partial charge in [-0.1, -0.05) is 11.2 Å². The van der Waals surface area contributed by atoms with E-state index >= 15 is 0 Å². The molecular weight excluding hydrogens is 302 g/mol. The molecule has 1 aromatic carbocycles. The Morgan fingerprint density at radius 2 is 2.04 bits per heavy atom. The number of benzene rings is 1. The number of aryl methyl sites for hydroxylation is 3. The molecule has 1 atom stereocenters. The van der Waals surface area contributed by atoms with Crippen LogP contribution in [-0.4, -0.2) is 34.0 Å². The Bertz CT molecular complexity index is 753. The Labute approximate surface area is 142 Å². The number of rotatable bonds is 2. The lowest BCUT2D eigenvalue weighted by molar-refractivity contribution is 0.0703. The largest absolute Gasteiger partial charge is 0.340 e. The molecule has 24 heavy (non-hydrogen) atoms. The number of amides is 1. The van der Waals surface area contributed by atoms with Gasteiger partial charge in [-0.15, -0.1) is 0 Å². The predicted octanol–water partition coefficient (Wildman–Crippen LogP) is 3.28. The SMILES string of the molecule is Cc1nc(C2CCCN(C(=O)c3ccc4c(c3)CCCC4)C2)no1. The minimum absolute atomic E-state index is 0.133. The van der Waals surface area contributed by atoms with Gasteiger partial charge in [0.1, 0.15) is 0 Å². The maximum absolute atomic E-state index is 12.9. The predicted molar refractivity (Wildman–Crippen MR) is 90.0 cm³/mol. The highest BCUT2D eigenvalue weighted by Crippen LogP contribution is 2.27. The van der Waals surface area contributed by atoms with E-state index in [9.17, 15) is 4.79 Å². The zero-order chi connectivity index (χ0) is 16.5. The van der Waals surface area contributed by atoms with E-state index in [-0.39, 0.29) is 11.8 Å². The van der Waals surface area contributed by atoms with Crippen LogP contribution in [0.3, 0.4) is 0 Å². The van der Waals surface area contributed by atoms with Crippen molar-refractivity contribution in [2.45, 2.75) is 51.4 Å². The Morgan fingerprint density at radius 3 is 2.83 bits per heavy atom. The average Bonchev–Trinajstić information content (AvgIpc) is 3.07. The zero-order valence-corrected chi connectivity index (χ0v) is 14.1. The molecule has 0 N–H and O–H groups in total. The number of fused-ring (bicyclic) bond motifs is 1. The third kappa shape index (κ3) is 2.95. The molecule has 2 aliphatic rings. The van der Waals surface area contributed by atoms with Crippen LogP contribution in [0.4, 0.5) is 0 Å². The third-order valence-electron chi connectivity index (χ3n) is 5.21. The van der Waals surface area contributed by atoms with Crippen LogP contribution in [-0.2, 0) is 12.8 Å². The Morgan fingerprint density at radius 1 is 1.21 bits per heavy atom. The van der Waals surface area contributed by atoms with Crippen LogP contribution < -0.4 is 0 Å². The van der Waals surface area contributed by atoms with Gasteiger partial charge < -0.3 is 9.42 Å². The fourth-order valence-electron chi connectivity index (χ4n) is 3.90. The number of hydrogen-bond acceptors (Lipinski definition) is 4. The van der Waals surface area contributed by atoms with Gasteiger partial charge in [-0.2, -0.15) is 4.98 Å². The highest BCUT2D eigenvalue weighted by Gasteiger charge is 2.28. The number of carbonyl (C=O) groups is 1. The molecule has 126 valence electrons. The molecule has 0 bridgehead atoms. The van der Waals surface area contributed by atoms with Crippen LogP contribution >= 0.6 is 0 Å². The first-order valence-corrected chi connectivity index (χ1v) is 8.92. The van der Waals surface area contributed by atoms with Crippen molar-refractivity contribution in [1.82, 2.24) is 15.0 Å². The normalized spacial score (nSPS) is 20.7. The minimum atomic E-state index is 0.133. The second kappa shape index (κ2) is 6.38. The molecule has 5 heteroatoms. The van der Waals surface area contributed by atoms with Gasteiger partial charge in [0.25, 0.3) is 5.91 Å². The summed E-state index contributed by atoms with van der Waals surface area (Å²) < 4.78 is 5.10. The topological polar surface area (TPSA) is 59.2 Å². The molecule has 2 aromatic rings. The summed E-state index contributed by atoms with van der Waals surface area (Å²) in [4.78, 5) is 19.2. The van der Waals surface area contributed by atoms with Crippen LogP contribution in [0.5, 0.6) is 0 Å². The number of carbonyl (C=O) groups excluding carboxylic acids is 1. The third-order valence-corrected chi connectivity index (χ3v) is 5.21. The Balaban J connectivity index is 1.51. The molecule has 1 unspecified atom stereocenters. The molecule has 0 spiro atoms. The van der Waals surface area contributed by atoms with Gasteiger partial charge in [0.2, 0.25) is 5.89 Å². The van der Waals surface area contributed by atoms with Crippen molar-refractivity contribution in [2.75, 3.05) is 13.1 Å². The van der Waals surface area contributed by atoms with Gasteiger partial charge in [0.05, 0.1) is 0 Å². The van der Waals surface area contributed by atoms with Crippen molar-refractivity contribution in [3.63, 3.8) is 0 Å². The van der Waals surface area contributed by atoms with E-state index in [4.69, 9.17) is 4.52 Å². The molecular formula is C19H23N3O2. The highest BCUT2D eigenvalue weighted by atomic mass is 16.5. The van der Waals surface area contributed by atoms with Gasteiger partial charge in [0.15, 0.2) is 5.82 Å². The van der Waals surface area contributed by atoms with Crippen LogP contribution in [0.1, 0.15) is 64.8 Å². The lowest BCUT2D eigenvalue weighted by atomic mass is 9.90. The van der Waals surface area contributed by atoms with Gasteiger partial charge >= 0.3 is 0 Å². The summed E-state index contributed by atoms with van der Waals surface area (Å²) in [5.41, 5.74) is 3.59. The zero-order valence-electron chi connectivity index (χ0n) is 14.1. The second-order valence-corrected chi connectivity index (χ2v) is 6.95. The number of piperidine rings is 1. The number of aromatic nitrogens is 2. The molecule has 2 heterocycles. The van der Waals surface area contributed by atoms with Crippen molar-refractivity contribution in [2.24, 2.45) is 0 Å². The Hall–Kier alpha value is -2.17. The van der Waals surface area contributed by atoms with Crippen LogP contribution in [0.25, 0.3) is 0 Å². The first-order valence-electron chi connectivity index (χ1n) is 8.92. The van der Waals surface area contributed by atoms with Crippen molar-refractivity contribution < 1.29 is 9.32 Å². The highest BCUT2D eigenvalue weighted by molar-refractivity contribution is 5.94. The number of nitrogens with zero attached hydrogens (tertiary/aromatic N) is 3. The maximum Gasteiger partial charge on any atom is 0.253 e.